The van der Waals surface area contributed by atoms with Crippen LogP contribution in [0.3, 0.4) is 0 Å². The van der Waals surface area contributed by atoms with Gasteiger partial charge in [0.1, 0.15) is 0 Å². The third-order valence-corrected chi connectivity index (χ3v) is 3.80. The van der Waals surface area contributed by atoms with Gasteiger partial charge in [-0.3, -0.25) is 0 Å². The summed E-state index contributed by atoms with van der Waals surface area (Å²) in [5.41, 5.74) is 4.22. The van der Waals surface area contributed by atoms with Crippen molar-refractivity contribution in [1.29, 1.82) is 0 Å². The number of aromatic amines is 1. The first-order chi connectivity index (χ1) is 7.24. The second kappa shape index (κ2) is 3.49. The first kappa shape index (κ1) is 9.66. The summed E-state index contributed by atoms with van der Waals surface area (Å²) >= 11 is 2.36. The summed E-state index contributed by atoms with van der Waals surface area (Å²) in [4.78, 5) is 5.90. The number of nitrogens with one attached hydrogen (secondary N) is 1. The molecule has 2 aromatic rings. The lowest BCUT2D eigenvalue weighted by molar-refractivity contribution is 0.310. The average Bonchev–Trinajstić information content (AvgIpc) is 2.53. The van der Waals surface area contributed by atoms with E-state index in [0.29, 0.717) is 0 Å². The number of benzene rings is 1. The van der Waals surface area contributed by atoms with E-state index in [9.17, 15) is 0 Å². The molecule has 1 aromatic heterocycles. The van der Waals surface area contributed by atoms with Crippen molar-refractivity contribution in [2.24, 2.45) is 0 Å². The quantitative estimate of drug-likeness (QED) is 0.741. The van der Waals surface area contributed by atoms with Gasteiger partial charge in [-0.2, -0.15) is 0 Å². The monoisotopic (exact) mass is 312 g/mol. The zero-order valence-electron chi connectivity index (χ0n) is 8.68. The number of fused-ring (bicyclic) bond motifs is 3. The maximum Gasteiger partial charge on any atom is 0.0469 e. The number of aromatic nitrogens is 1. The molecule has 3 heteroatoms. The molecule has 15 heavy (non-hydrogen) atoms. The fraction of sp³-hybridized carbons (Fsp3) is 0.333. The molecule has 1 aromatic carbocycles. The standard InChI is InChI=1S/C12H13IN2/c1-15-5-4-10-9-3-2-8(13)6-11(9)14-12(10)7-15/h2-3,6,14H,4-5,7H2,1H3. The number of hydrogen-bond donors (Lipinski definition) is 1. The molecule has 0 aliphatic carbocycles. The molecule has 2 heterocycles. The van der Waals surface area contributed by atoms with Gasteiger partial charge >= 0.3 is 0 Å². The van der Waals surface area contributed by atoms with Crippen LogP contribution in [0.25, 0.3) is 10.9 Å². The fourth-order valence-corrected chi connectivity index (χ4v) is 2.85. The highest BCUT2D eigenvalue weighted by molar-refractivity contribution is 14.1. The topological polar surface area (TPSA) is 19.0 Å². The SMILES string of the molecule is CN1CCc2c([nH]c3cc(I)ccc23)C1. The van der Waals surface area contributed by atoms with E-state index in [0.717, 1.165) is 6.54 Å². The van der Waals surface area contributed by atoms with Gasteiger partial charge in [0.2, 0.25) is 0 Å². The number of nitrogens with zero attached hydrogens (tertiary/aromatic N) is 1. The Bertz CT molecular complexity index is 516. The summed E-state index contributed by atoms with van der Waals surface area (Å²) in [5, 5.41) is 1.42. The van der Waals surface area contributed by atoms with E-state index in [4.69, 9.17) is 0 Å². The largest absolute Gasteiger partial charge is 0.357 e. The van der Waals surface area contributed by atoms with Crippen molar-refractivity contribution in [2.45, 2.75) is 13.0 Å². The first-order valence-corrected chi connectivity index (χ1v) is 6.29. The van der Waals surface area contributed by atoms with E-state index in [-0.39, 0.29) is 0 Å². The van der Waals surface area contributed by atoms with Gasteiger partial charge in [-0.05, 0) is 53.8 Å². The van der Waals surface area contributed by atoms with Crippen LogP contribution in [-0.2, 0) is 13.0 Å². The highest BCUT2D eigenvalue weighted by atomic mass is 127. The summed E-state index contributed by atoms with van der Waals surface area (Å²) in [6.45, 7) is 2.23. The van der Waals surface area contributed by atoms with Gasteiger partial charge in [0.15, 0.2) is 0 Å². The van der Waals surface area contributed by atoms with E-state index in [1.807, 2.05) is 0 Å². The number of hydrogen-bond acceptors (Lipinski definition) is 1. The molecule has 78 valence electrons. The van der Waals surface area contributed by atoms with Crippen LogP contribution in [0.2, 0.25) is 0 Å². The molecule has 1 N–H and O–H groups in total. The van der Waals surface area contributed by atoms with Gasteiger partial charge < -0.3 is 9.88 Å². The minimum Gasteiger partial charge on any atom is -0.357 e. The van der Waals surface area contributed by atoms with Crippen molar-refractivity contribution in [3.05, 3.63) is 33.0 Å². The van der Waals surface area contributed by atoms with Crippen molar-refractivity contribution in [1.82, 2.24) is 9.88 Å². The Labute approximate surface area is 103 Å². The van der Waals surface area contributed by atoms with Crippen LogP contribution in [0.4, 0.5) is 0 Å². The van der Waals surface area contributed by atoms with E-state index in [2.05, 4.69) is 57.7 Å². The molecule has 0 bridgehead atoms. The van der Waals surface area contributed by atoms with Gasteiger partial charge in [0.05, 0.1) is 0 Å². The van der Waals surface area contributed by atoms with Gasteiger partial charge in [0, 0.05) is 33.3 Å². The molecule has 0 fully saturated rings. The molecule has 0 saturated heterocycles. The van der Waals surface area contributed by atoms with Crippen molar-refractivity contribution < 1.29 is 0 Å². The second-order valence-corrected chi connectivity index (χ2v) is 5.51. The molecule has 3 rings (SSSR count). The summed E-state index contributed by atoms with van der Waals surface area (Å²) in [5.74, 6) is 0. The van der Waals surface area contributed by atoms with E-state index in [1.165, 1.54) is 38.7 Å². The van der Waals surface area contributed by atoms with E-state index >= 15 is 0 Å². The predicted molar refractivity (Wildman–Crippen MR) is 71.1 cm³/mol. The molecular weight excluding hydrogens is 299 g/mol. The smallest absolute Gasteiger partial charge is 0.0469 e. The third-order valence-electron chi connectivity index (χ3n) is 3.13. The summed E-state index contributed by atoms with van der Waals surface area (Å²) < 4.78 is 1.30. The number of halogens is 1. The maximum absolute atomic E-state index is 3.54. The lowest BCUT2D eigenvalue weighted by Crippen LogP contribution is -2.26. The Morgan fingerprint density at radius 3 is 3.13 bits per heavy atom. The number of likely N-dealkylation sites (N-methyl/N-ethyl adjacent to an activating group) is 1. The van der Waals surface area contributed by atoms with Crippen molar-refractivity contribution in [3.8, 4) is 0 Å². The Morgan fingerprint density at radius 1 is 1.40 bits per heavy atom. The Morgan fingerprint density at radius 2 is 2.27 bits per heavy atom. The lowest BCUT2D eigenvalue weighted by Gasteiger charge is -2.22. The summed E-state index contributed by atoms with van der Waals surface area (Å²) in [6.07, 6.45) is 1.17. The lowest BCUT2D eigenvalue weighted by atomic mass is 10.0. The molecule has 1 aliphatic rings. The van der Waals surface area contributed by atoms with Gasteiger partial charge in [-0.15, -0.1) is 0 Å². The van der Waals surface area contributed by atoms with Gasteiger partial charge in [-0.1, -0.05) is 6.07 Å². The molecule has 1 aliphatic heterocycles. The maximum atomic E-state index is 3.54. The zero-order valence-corrected chi connectivity index (χ0v) is 10.8. The molecule has 0 spiro atoms. The third kappa shape index (κ3) is 1.58. The first-order valence-electron chi connectivity index (χ1n) is 5.21. The van der Waals surface area contributed by atoms with Crippen molar-refractivity contribution in [3.63, 3.8) is 0 Å². The average molecular weight is 312 g/mol. The van der Waals surface area contributed by atoms with Crippen LogP contribution in [0.1, 0.15) is 11.3 Å². The normalized spacial score (nSPS) is 16.9. The number of H-pyrrole nitrogens is 1. The second-order valence-electron chi connectivity index (χ2n) is 4.26. The number of rotatable bonds is 0. The van der Waals surface area contributed by atoms with E-state index < -0.39 is 0 Å². The van der Waals surface area contributed by atoms with Crippen LogP contribution >= 0.6 is 22.6 Å². The van der Waals surface area contributed by atoms with Crippen molar-refractivity contribution in [2.75, 3.05) is 13.6 Å². The molecule has 0 unspecified atom stereocenters. The van der Waals surface area contributed by atoms with Crippen molar-refractivity contribution >= 4 is 33.5 Å². The van der Waals surface area contributed by atoms with Crippen LogP contribution in [0.15, 0.2) is 18.2 Å². The molecule has 2 nitrogen and oxygen atoms in total. The minimum absolute atomic E-state index is 1.06. The molecule has 0 amide bonds. The zero-order chi connectivity index (χ0) is 10.4. The fourth-order valence-electron chi connectivity index (χ4n) is 2.36. The Kier molecular flexibility index (Phi) is 2.25. The van der Waals surface area contributed by atoms with Crippen LogP contribution in [-0.4, -0.2) is 23.5 Å². The minimum atomic E-state index is 1.06. The molecule has 0 atom stereocenters. The molecular formula is C12H13IN2. The Balaban J connectivity index is 2.23. The van der Waals surface area contributed by atoms with Crippen LogP contribution < -0.4 is 0 Å². The van der Waals surface area contributed by atoms with Gasteiger partial charge in [-0.25, -0.2) is 0 Å². The predicted octanol–water partition coefficient (Wildman–Crippen LogP) is 2.76. The Hall–Kier alpha value is -0.550. The highest BCUT2D eigenvalue weighted by Gasteiger charge is 2.17. The van der Waals surface area contributed by atoms with Crippen LogP contribution in [0, 0.1) is 3.57 Å². The van der Waals surface area contributed by atoms with Gasteiger partial charge in [0.25, 0.3) is 0 Å². The summed E-state index contributed by atoms with van der Waals surface area (Å²) in [7, 11) is 2.18. The highest BCUT2D eigenvalue weighted by Crippen LogP contribution is 2.27. The van der Waals surface area contributed by atoms with Crippen LogP contribution in [0.5, 0.6) is 0 Å². The molecule has 0 saturated carbocycles. The molecule has 0 radical (unpaired) electrons. The summed E-state index contributed by atoms with van der Waals surface area (Å²) in [6, 6.07) is 6.67. The van der Waals surface area contributed by atoms with E-state index in [1.54, 1.807) is 0 Å².